The van der Waals surface area contributed by atoms with E-state index >= 15 is 0 Å². The molecule has 0 bridgehead atoms. The number of nitrogens with one attached hydrogen (secondary N) is 1. The van der Waals surface area contributed by atoms with Crippen LogP contribution in [-0.4, -0.2) is 33.1 Å². The van der Waals surface area contributed by atoms with Gasteiger partial charge in [-0.15, -0.1) is 0 Å². The number of fused-ring (bicyclic) bond motifs is 1. The number of carbonyl (C=O) groups excluding carboxylic acids is 2. The molecule has 172 valence electrons. The van der Waals surface area contributed by atoms with Crippen molar-refractivity contribution < 1.29 is 27.2 Å². The van der Waals surface area contributed by atoms with Gasteiger partial charge in [0.25, 0.3) is 11.8 Å². The maximum absolute atomic E-state index is 14.1. The van der Waals surface area contributed by atoms with Crippen molar-refractivity contribution in [2.75, 3.05) is 16.8 Å². The van der Waals surface area contributed by atoms with Crippen molar-refractivity contribution in [3.05, 3.63) is 70.6 Å². The number of aryl methyl sites for hydroxylation is 2. The van der Waals surface area contributed by atoms with E-state index in [4.69, 9.17) is 0 Å². The minimum atomic E-state index is -4.85. The SMILES string of the molecule is Cc1cc(NC(=O)c2cnn3c2C(=O)N(c2ccc(C(F)(F)F)c(F)c2)C[C@@H]3C)cc(C)n1. The number of amides is 2. The predicted octanol–water partition coefficient (Wildman–Crippen LogP) is 4.53. The van der Waals surface area contributed by atoms with Gasteiger partial charge in [-0.3, -0.25) is 19.3 Å². The van der Waals surface area contributed by atoms with Crippen molar-refractivity contribution in [3.63, 3.8) is 0 Å². The number of halogens is 4. The lowest BCUT2D eigenvalue weighted by Gasteiger charge is -2.32. The van der Waals surface area contributed by atoms with Gasteiger partial charge >= 0.3 is 6.18 Å². The van der Waals surface area contributed by atoms with Crippen LogP contribution in [0.15, 0.2) is 36.5 Å². The molecule has 0 saturated heterocycles. The van der Waals surface area contributed by atoms with Crippen molar-refractivity contribution >= 4 is 23.2 Å². The molecule has 0 radical (unpaired) electrons. The summed E-state index contributed by atoms with van der Waals surface area (Å²) in [5.41, 5.74) is 0.381. The molecule has 1 N–H and O–H groups in total. The van der Waals surface area contributed by atoms with Gasteiger partial charge in [0, 0.05) is 29.3 Å². The monoisotopic (exact) mass is 461 g/mol. The first-order valence-corrected chi connectivity index (χ1v) is 9.98. The van der Waals surface area contributed by atoms with Gasteiger partial charge in [0.2, 0.25) is 0 Å². The lowest BCUT2D eigenvalue weighted by molar-refractivity contribution is -0.139. The fourth-order valence-corrected chi connectivity index (χ4v) is 3.86. The lowest BCUT2D eigenvalue weighted by atomic mass is 10.1. The van der Waals surface area contributed by atoms with Crippen LogP contribution in [0, 0.1) is 19.7 Å². The number of nitrogens with zero attached hydrogens (tertiary/aromatic N) is 4. The van der Waals surface area contributed by atoms with E-state index in [1.165, 1.54) is 10.9 Å². The fraction of sp³-hybridized carbons (Fsp3) is 0.273. The highest BCUT2D eigenvalue weighted by Crippen LogP contribution is 2.35. The molecule has 0 fully saturated rings. The number of alkyl halides is 3. The molecule has 1 aliphatic heterocycles. The highest BCUT2D eigenvalue weighted by atomic mass is 19.4. The minimum Gasteiger partial charge on any atom is -0.322 e. The second-order valence-corrected chi connectivity index (χ2v) is 7.87. The predicted molar refractivity (Wildman–Crippen MR) is 112 cm³/mol. The Morgan fingerprint density at radius 2 is 1.82 bits per heavy atom. The smallest absolute Gasteiger partial charge is 0.322 e. The number of anilines is 2. The second kappa shape index (κ2) is 7.98. The van der Waals surface area contributed by atoms with Gasteiger partial charge in [0.05, 0.1) is 23.4 Å². The standard InChI is InChI=1S/C22H19F4N5O2/c1-11-6-14(7-12(2)28-11)29-20(32)16-9-27-31-13(3)10-30(21(33)19(16)31)15-4-5-17(18(23)8-15)22(24,25)26/h4-9,13H,10H2,1-3H3,(H,28,29,32)/t13-/m0/s1. The Morgan fingerprint density at radius 3 is 2.42 bits per heavy atom. The summed E-state index contributed by atoms with van der Waals surface area (Å²) < 4.78 is 54.2. The van der Waals surface area contributed by atoms with Crippen LogP contribution < -0.4 is 10.2 Å². The third kappa shape index (κ3) is 4.18. The number of hydrogen-bond donors (Lipinski definition) is 1. The number of pyridine rings is 1. The van der Waals surface area contributed by atoms with Crippen LogP contribution in [0.25, 0.3) is 0 Å². The zero-order valence-electron chi connectivity index (χ0n) is 17.9. The van der Waals surface area contributed by atoms with Crippen LogP contribution in [0.5, 0.6) is 0 Å². The van der Waals surface area contributed by atoms with Gasteiger partial charge in [-0.2, -0.15) is 18.3 Å². The molecule has 0 saturated carbocycles. The first-order chi connectivity index (χ1) is 15.5. The van der Waals surface area contributed by atoms with Crippen LogP contribution >= 0.6 is 0 Å². The maximum atomic E-state index is 14.1. The Morgan fingerprint density at radius 1 is 1.15 bits per heavy atom. The summed E-state index contributed by atoms with van der Waals surface area (Å²) in [6, 6.07) is 5.23. The number of benzene rings is 1. The summed E-state index contributed by atoms with van der Waals surface area (Å²) in [7, 11) is 0. The molecule has 33 heavy (non-hydrogen) atoms. The van der Waals surface area contributed by atoms with Crippen LogP contribution in [0.3, 0.4) is 0 Å². The topological polar surface area (TPSA) is 80.1 Å². The molecule has 0 spiro atoms. The third-order valence-corrected chi connectivity index (χ3v) is 5.26. The summed E-state index contributed by atoms with van der Waals surface area (Å²) in [6.07, 6.45) is -3.59. The highest BCUT2D eigenvalue weighted by Gasteiger charge is 2.37. The van der Waals surface area contributed by atoms with E-state index in [9.17, 15) is 27.2 Å². The third-order valence-electron chi connectivity index (χ3n) is 5.26. The molecule has 4 rings (SSSR count). The highest BCUT2D eigenvalue weighted by molar-refractivity contribution is 6.15. The Balaban J connectivity index is 1.67. The van der Waals surface area contributed by atoms with Crippen LogP contribution in [0.4, 0.5) is 28.9 Å². The van der Waals surface area contributed by atoms with Crippen LogP contribution in [0.2, 0.25) is 0 Å². The van der Waals surface area contributed by atoms with E-state index in [2.05, 4.69) is 15.4 Å². The number of rotatable bonds is 3. The average Bonchev–Trinajstić information content (AvgIpc) is 3.15. The van der Waals surface area contributed by atoms with Gasteiger partial charge in [0.1, 0.15) is 11.5 Å². The Bertz CT molecular complexity index is 1250. The zero-order chi connectivity index (χ0) is 24.1. The number of aromatic nitrogens is 3. The first kappa shape index (κ1) is 22.4. The summed E-state index contributed by atoms with van der Waals surface area (Å²) >= 11 is 0. The molecule has 7 nitrogen and oxygen atoms in total. The van der Waals surface area contributed by atoms with E-state index in [1.54, 1.807) is 32.9 Å². The van der Waals surface area contributed by atoms with E-state index < -0.39 is 35.4 Å². The van der Waals surface area contributed by atoms with E-state index in [1.807, 2.05) is 0 Å². The van der Waals surface area contributed by atoms with Gasteiger partial charge in [0.15, 0.2) is 0 Å². The van der Waals surface area contributed by atoms with Gasteiger partial charge in [-0.1, -0.05) is 0 Å². The van der Waals surface area contributed by atoms with Gasteiger partial charge in [-0.25, -0.2) is 4.39 Å². The molecule has 1 aromatic carbocycles. The average molecular weight is 461 g/mol. The van der Waals surface area contributed by atoms with Crippen molar-refractivity contribution in [2.24, 2.45) is 0 Å². The molecule has 2 aromatic heterocycles. The summed E-state index contributed by atoms with van der Waals surface area (Å²) in [6.45, 7) is 5.32. The molecule has 0 aliphatic carbocycles. The molecule has 1 atom stereocenters. The molecule has 3 aromatic rings. The van der Waals surface area contributed by atoms with Crippen molar-refractivity contribution in [3.8, 4) is 0 Å². The maximum Gasteiger partial charge on any atom is 0.419 e. The van der Waals surface area contributed by atoms with E-state index in [0.717, 1.165) is 11.0 Å². The molecule has 0 unspecified atom stereocenters. The Labute approximate surface area is 186 Å². The largest absolute Gasteiger partial charge is 0.419 e. The minimum absolute atomic E-state index is 0.00366. The van der Waals surface area contributed by atoms with Crippen molar-refractivity contribution in [1.82, 2.24) is 14.8 Å². The molecular weight excluding hydrogens is 442 g/mol. The molecule has 3 heterocycles. The zero-order valence-corrected chi connectivity index (χ0v) is 17.9. The second-order valence-electron chi connectivity index (χ2n) is 7.87. The van der Waals surface area contributed by atoms with Gasteiger partial charge < -0.3 is 10.2 Å². The van der Waals surface area contributed by atoms with E-state index in [-0.39, 0.29) is 23.5 Å². The van der Waals surface area contributed by atoms with Crippen LogP contribution in [-0.2, 0) is 6.18 Å². The molecule has 11 heteroatoms. The summed E-state index contributed by atoms with van der Waals surface area (Å²) in [5, 5.41) is 6.86. The molecular formula is C22H19F4N5O2. The van der Waals surface area contributed by atoms with Crippen molar-refractivity contribution in [2.45, 2.75) is 33.0 Å². The van der Waals surface area contributed by atoms with E-state index in [0.29, 0.717) is 29.2 Å². The van der Waals surface area contributed by atoms with Gasteiger partial charge in [-0.05, 0) is 51.1 Å². The summed E-state index contributed by atoms with van der Waals surface area (Å²) in [5.74, 6) is -2.74. The first-order valence-electron chi connectivity index (χ1n) is 9.98. The molecule has 2 amide bonds. The van der Waals surface area contributed by atoms with Crippen LogP contribution in [0.1, 0.15) is 50.8 Å². The molecule has 1 aliphatic rings. The lowest BCUT2D eigenvalue weighted by Crippen LogP contribution is -2.43. The Hall–Kier alpha value is -3.76. The number of carbonyl (C=O) groups is 2. The number of hydrogen-bond acceptors (Lipinski definition) is 4. The Kier molecular flexibility index (Phi) is 5.43. The normalized spacial score (nSPS) is 16.0. The summed E-state index contributed by atoms with van der Waals surface area (Å²) in [4.78, 5) is 31.5. The quantitative estimate of drug-likeness (QED) is 0.582. The fourth-order valence-electron chi connectivity index (χ4n) is 3.86. The van der Waals surface area contributed by atoms with Crippen molar-refractivity contribution in [1.29, 1.82) is 0 Å².